The molecule has 0 heterocycles. The van der Waals surface area contributed by atoms with E-state index in [0.29, 0.717) is 30.4 Å². The van der Waals surface area contributed by atoms with E-state index in [9.17, 15) is 34.2 Å². The van der Waals surface area contributed by atoms with Crippen LogP contribution in [0.15, 0.2) is 6.07 Å². The van der Waals surface area contributed by atoms with Gasteiger partial charge in [0, 0.05) is 11.3 Å². The van der Waals surface area contributed by atoms with E-state index < -0.39 is 63.1 Å². The highest BCUT2D eigenvalue weighted by molar-refractivity contribution is 6.32. The van der Waals surface area contributed by atoms with E-state index >= 15 is 0 Å². The number of rotatable bonds is 5. The van der Waals surface area contributed by atoms with E-state index in [1.54, 1.807) is 20.8 Å². The normalized spacial score (nSPS) is 35.3. The molecule has 0 aliphatic heterocycles. The Bertz CT molecular complexity index is 1240. The smallest absolute Gasteiger partial charge is 0.190 e. The maximum atomic E-state index is 14.3. The van der Waals surface area contributed by atoms with Gasteiger partial charge in [-0.25, -0.2) is 0 Å². The molecule has 7 nitrogen and oxygen atoms in total. The molecule has 1 aromatic rings. The Balaban J connectivity index is 2.00. The van der Waals surface area contributed by atoms with Crippen LogP contribution in [-0.2, 0) is 38.4 Å². The summed E-state index contributed by atoms with van der Waals surface area (Å²) in [5.74, 6) is -8.48. The number of carbonyl (C=O) groups excluding carboxylic acids is 5. The topological polar surface area (TPSA) is 126 Å². The summed E-state index contributed by atoms with van der Waals surface area (Å²) >= 11 is 0. The maximum absolute atomic E-state index is 14.3. The van der Waals surface area contributed by atoms with Gasteiger partial charge in [-0.15, -0.1) is 0 Å². The lowest BCUT2D eigenvalue weighted by atomic mass is 9.39. The summed E-state index contributed by atoms with van der Waals surface area (Å²) in [6.07, 6.45) is 2.40. The van der Waals surface area contributed by atoms with E-state index in [-0.39, 0.29) is 23.7 Å². The Kier molecular flexibility index (Phi) is 6.42. The predicted molar refractivity (Wildman–Crippen MR) is 136 cm³/mol. The number of aliphatic hydroxyl groups is 1. The average molecular weight is 511 g/mol. The molecule has 3 unspecified atom stereocenters. The zero-order chi connectivity index (χ0) is 27.8. The van der Waals surface area contributed by atoms with Crippen molar-refractivity contribution in [1.29, 1.82) is 0 Å². The van der Waals surface area contributed by atoms with Gasteiger partial charge in [-0.05, 0) is 60.6 Å². The van der Waals surface area contributed by atoms with Gasteiger partial charge in [0.2, 0.25) is 0 Å². The maximum Gasteiger partial charge on any atom is 0.190 e. The van der Waals surface area contributed by atoms with Crippen LogP contribution >= 0.6 is 0 Å². The second-order valence-electron chi connectivity index (χ2n) is 12.3. The Morgan fingerprint density at radius 1 is 1.08 bits per heavy atom. The zero-order valence-corrected chi connectivity index (χ0v) is 22.9. The number of hydrogen-bond donors (Lipinski definition) is 2. The van der Waals surface area contributed by atoms with E-state index in [0.717, 1.165) is 18.9 Å². The number of aromatic hydroxyl groups is 1. The number of hydrogen-bond acceptors (Lipinski definition) is 7. The molecule has 0 amide bonds. The molecule has 3 aliphatic rings. The largest absolute Gasteiger partial charge is 0.507 e. The monoisotopic (exact) mass is 510 g/mol. The van der Waals surface area contributed by atoms with Gasteiger partial charge in [0.25, 0.3) is 0 Å². The van der Waals surface area contributed by atoms with Crippen molar-refractivity contribution < 1.29 is 34.2 Å². The zero-order valence-electron chi connectivity index (χ0n) is 22.9. The molecule has 2 N–H and O–H groups in total. The van der Waals surface area contributed by atoms with E-state index in [1.165, 1.54) is 0 Å². The average Bonchev–Trinajstić information content (AvgIpc) is 2.77. The Morgan fingerprint density at radius 2 is 1.70 bits per heavy atom. The molecule has 7 heteroatoms. The minimum Gasteiger partial charge on any atom is -0.507 e. The second kappa shape index (κ2) is 8.69. The van der Waals surface area contributed by atoms with Crippen LogP contribution in [0.5, 0.6) is 5.75 Å². The Morgan fingerprint density at radius 3 is 2.22 bits per heavy atom. The summed E-state index contributed by atoms with van der Waals surface area (Å²) in [5, 5.41) is 23.1. The van der Waals surface area contributed by atoms with Crippen LogP contribution in [-0.4, -0.2) is 44.7 Å². The number of Topliss-reactive ketones (excluding diaryl/α,β-unsaturated/α-hetero) is 5. The number of fused-ring (bicyclic) bond motifs is 3. The first-order valence-corrected chi connectivity index (χ1v) is 13.4. The quantitative estimate of drug-likeness (QED) is 0.580. The minimum atomic E-state index is -2.66. The molecule has 0 radical (unpaired) electrons. The first-order chi connectivity index (χ1) is 17.1. The van der Waals surface area contributed by atoms with Crippen LogP contribution < -0.4 is 0 Å². The molecule has 200 valence electrons. The fourth-order valence-corrected chi connectivity index (χ4v) is 8.10. The molecule has 37 heavy (non-hydrogen) atoms. The van der Waals surface area contributed by atoms with Crippen molar-refractivity contribution in [2.75, 3.05) is 0 Å². The minimum absolute atomic E-state index is 0.0743. The van der Waals surface area contributed by atoms with Gasteiger partial charge in [-0.2, -0.15) is 0 Å². The summed E-state index contributed by atoms with van der Waals surface area (Å²) in [7, 11) is 0. The molecule has 0 bridgehead atoms. The third kappa shape index (κ3) is 3.38. The molecular formula is C30H38O7. The first kappa shape index (κ1) is 27.4. The Hall–Kier alpha value is -2.67. The molecule has 0 spiro atoms. The SMILES string of the molecule is CCCc1cc(CC)c(O)c2c1C[C@]1(C)C[C@]3(C)C(C(C)C)C(=O)C(C(C)=O)C(=O)[C@]3(O)C(=O)C1C2=O. The van der Waals surface area contributed by atoms with Crippen LogP contribution in [0.3, 0.4) is 0 Å². The van der Waals surface area contributed by atoms with Gasteiger partial charge in [-0.1, -0.05) is 54.0 Å². The van der Waals surface area contributed by atoms with E-state index in [2.05, 4.69) is 0 Å². The van der Waals surface area contributed by atoms with Crippen molar-refractivity contribution in [2.45, 2.75) is 86.2 Å². The van der Waals surface area contributed by atoms with Crippen LogP contribution in [0.25, 0.3) is 0 Å². The summed E-state index contributed by atoms with van der Waals surface area (Å²) in [5.41, 5.74) is -2.76. The molecule has 6 atom stereocenters. The van der Waals surface area contributed by atoms with Crippen molar-refractivity contribution in [1.82, 2.24) is 0 Å². The van der Waals surface area contributed by atoms with Crippen molar-refractivity contribution in [2.24, 2.45) is 34.5 Å². The van der Waals surface area contributed by atoms with Crippen molar-refractivity contribution >= 4 is 28.9 Å². The number of benzene rings is 1. The first-order valence-electron chi connectivity index (χ1n) is 13.4. The molecule has 4 rings (SSSR count). The van der Waals surface area contributed by atoms with Crippen molar-refractivity contribution in [3.05, 3.63) is 28.3 Å². The number of aryl methyl sites for hydroxylation is 2. The summed E-state index contributed by atoms with van der Waals surface area (Å²) < 4.78 is 0. The fourth-order valence-electron chi connectivity index (χ4n) is 8.10. The van der Waals surface area contributed by atoms with Gasteiger partial charge < -0.3 is 10.2 Å². The van der Waals surface area contributed by atoms with Crippen LogP contribution in [0.2, 0.25) is 0 Å². The van der Waals surface area contributed by atoms with Crippen molar-refractivity contribution in [3.8, 4) is 5.75 Å². The highest BCUT2D eigenvalue weighted by Crippen LogP contribution is 2.64. The lowest BCUT2D eigenvalue weighted by Crippen LogP contribution is -2.76. The number of phenols is 1. The van der Waals surface area contributed by atoms with Crippen LogP contribution in [0.4, 0.5) is 0 Å². The summed E-state index contributed by atoms with van der Waals surface area (Å²) in [4.78, 5) is 68.0. The molecule has 2 fully saturated rings. The highest BCUT2D eigenvalue weighted by Gasteiger charge is 2.76. The summed E-state index contributed by atoms with van der Waals surface area (Å²) in [6, 6.07) is 1.93. The van der Waals surface area contributed by atoms with Gasteiger partial charge in [0.1, 0.15) is 17.5 Å². The standard InChI is InChI=1S/C30H38O7/c1-8-10-17-11-16(9-2)23(32)20-18(17)12-28(6)13-29(7)21(14(3)4)24(33)19(15(5)31)26(35)30(29,37)27(36)22(28)25(20)34/h11,14,19,21-22,32,37H,8-10,12-13H2,1-7H3/t19?,21?,22?,28-,29-,30+/m1/s1. The molecule has 0 aromatic heterocycles. The predicted octanol–water partition coefficient (Wildman–Crippen LogP) is 3.61. The van der Waals surface area contributed by atoms with Crippen molar-refractivity contribution in [3.63, 3.8) is 0 Å². The molecule has 1 aromatic carbocycles. The van der Waals surface area contributed by atoms with Crippen LogP contribution in [0.1, 0.15) is 88.4 Å². The number of phenolic OH excluding ortho intramolecular Hbond substituents is 1. The third-order valence-electron chi connectivity index (χ3n) is 9.45. The van der Waals surface area contributed by atoms with Gasteiger partial charge >= 0.3 is 0 Å². The molecular weight excluding hydrogens is 472 g/mol. The number of carbonyl (C=O) groups is 5. The van der Waals surface area contributed by atoms with E-state index in [4.69, 9.17) is 0 Å². The molecule has 0 saturated heterocycles. The van der Waals surface area contributed by atoms with E-state index in [1.807, 2.05) is 26.8 Å². The van der Waals surface area contributed by atoms with Crippen LogP contribution in [0, 0.1) is 34.5 Å². The lowest BCUT2D eigenvalue weighted by molar-refractivity contribution is -0.205. The van der Waals surface area contributed by atoms with Gasteiger partial charge in [0.15, 0.2) is 28.7 Å². The lowest BCUT2D eigenvalue weighted by Gasteiger charge is -2.62. The third-order valence-corrected chi connectivity index (χ3v) is 9.45. The molecule has 3 aliphatic carbocycles. The highest BCUT2D eigenvalue weighted by atomic mass is 16.3. The fraction of sp³-hybridized carbons (Fsp3) is 0.633. The second-order valence-corrected chi connectivity index (χ2v) is 12.3. The van der Waals surface area contributed by atoms with Gasteiger partial charge in [-0.3, -0.25) is 24.0 Å². The molecule has 2 saturated carbocycles. The number of ketones is 5. The Labute approximate surface area is 218 Å². The van der Waals surface area contributed by atoms with Gasteiger partial charge in [0.05, 0.1) is 11.5 Å². The summed E-state index contributed by atoms with van der Waals surface area (Å²) in [6.45, 7) is 12.0.